The summed E-state index contributed by atoms with van der Waals surface area (Å²) >= 11 is 0. The minimum atomic E-state index is -1.000. The summed E-state index contributed by atoms with van der Waals surface area (Å²) in [4.78, 5) is 20.6. The van der Waals surface area contributed by atoms with Crippen LogP contribution >= 0.6 is 0 Å². The van der Waals surface area contributed by atoms with Gasteiger partial charge in [0, 0.05) is 18.5 Å². The first-order valence-electron chi connectivity index (χ1n) is 9.34. The lowest BCUT2D eigenvalue weighted by atomic mass is 10.0. The quantitative estimate of drug-likeness (QED) is 0.388. The topological polar surface area (TPSA) is 107 Å². The first kappa shape index (κ1) is 21.1. The molecule has 0 unspecified atom stereocenters. The van der Waals surface area contributed by atoms with E-state index in [1.54, 1.807) is 19.1 Å². The molecule has 0 spiro atoms. The number of nitrogens with zero attached hydrogens (tertiary/aromatic N) is 2. The first-order valence-corrected chi connectivity index (χ1v) is 9.34. The third-order valence-electron chi connectivity index (χ3n) is 4.35. The number of aliphatic carboxylic acids is 1. The number of carboxylic acid groups (broad SMARTS) is 1. The summed E-state index contributed by atoms with van der Waals surface area (Å²) in [6.45, 7) is 1.80. The number of ether oxygens (including phenoxy) is 1. The van der Waals surface area contributed by atoms with E-state index in [2.05, 4.69) is 15.6 Å². The molecule has 8 nitrogen and oxygen atoms in total. The van der Waals surface area contributed by atoms with Crippen molar-refractivity contribution in [3.05, 3.63) is 88.7 Å². The molecule has 2 N–H and O–H groups in total. The van der Waals surface area contributed by atoms with Gasteiger partial charge in [-0.1, -0.05) is 47.6 Å². The van der Waals surface area contributed by atoms with Crippen molar-refractivity contribution in [1.82, 2.24) is 15.6 Å². The van der Waals surface area contributed by atoms with Crippen molar-refractivity contribution in [2.24, 2.45) is 0 Å². The minimum absolute atomic E-state index is 0.151. The Balaban J connectivity index is 1.56. The lowest BCUT2D eigenvalue weighted by molar-refractivity contribution is -0.132. The summed E-state index contributed by atoms with van der Waals surface area (Å²) in [6, 6.07) is 17.1. The number of hydrogen-bond donors (Lipinski definition) is 2. The van der Waals surface area contributed by atoms with E-state index in [-0.39, 0.29) is 18.6 Å². The predicted octanol–water partition coefficient (Wildman–Crippen LogP) is 3.29. The van der Waals surface area contributed by atoms with Gasteiger partial charge in [-0.15, -0.1) is 0 Å². The van der Waals surface area contributed by atoms with E-state index in [9.17, 15) is 9.90 Å². The Hall–Kier alpha value is -3.65. The molecule has 0 bridgehead atoms. The number of hydroxylamine groups is 1. The maximum absolute atomic E-state index is 11.5. The van der Waals surface area contributed by atoms with Crippen LogP contribution in [0.5, 0.6) is 5.75 Å². The molecule has 30 heavy (non-hydrogen) atoms. The number of hydrogen-bond acceptors (Lipinski definition) is 7. The summed E-state index contributed by atoms with van der Waals surface area (Å²) < 4.78 is 10.9. The predicted molar refractivity (Wildman–Crippen MR) is 109 cm³/mol. The standard InChI is InChI=1S/C22H23N3O5/c1-15(24-28-2)19(22(26)27)12-17-8-10-18(11-9-17)29-14-21-23-20(25-30-21)13-16-6-4-3-5-7-16/h3-11,24H,12-14H2,1-2H3,(H,26,27). The molecule has 0 saturated heterocycles. The van der Waals surface area contributed by atoms with Crippen molar-refractivity contribution in [1.29, 1.82) is 0 Å². The van der Waals surface area contributed by atoms with Gasteiger partial charge in [-0.05, 0) is 30.2 Å². The van der Waals surface area contributed by atoms with Gasteiger partial charge in [0.15, 0.2) is 12.4 Å². The van der Waals surface area contributed by atoms with Crippen LogP contribution in [0.1, 0.15) is 29.8 Å². The second-order valence-electron chi connectivity index (χ2n) is 6.59. The molecule has 0 aliphatic carbocycles. The second kappa shape index (κ2) is 10.2. The molecule has 0 saturated carbocycles. The van der Waals surface area contributed by atoms with Gasteiger partial charge in [0.05, 0.1) is 12.7 Å². The molecule has 0 aliphatic heterocycles. The number of nitrogens with one attached hydrogen (secondary N) is 1. The fourth-order valence-electron chi connectivity index (χ4n) is 2.84. The Bertz CT molecular complexity index is 997. The summed E-state index contributed by atoms with van der Waals surface area (Å²) in [5, 5.41) is 13.4. The molecule has 1 heterocycles. The molecular weight excluding hydrogens is 386 g/mol. The summed E-state index contributed by atoms with van der Waals surface area (Å²) in [7, 11) is 1.43. The fourth-order valence-corrected chi connectivity index (χ4v) is 2.84. The normalized spacial score (nSPS) is 11.7. The van der Waals surface area contributed by atoms with Crippen LogP contribution in [-0.2, 0) is 29.1 Å². The smallest absolute Gasteiger partial charge is 0.333 e. The summed E-state index contributed by atoms with van der Waals surface area (Å²) in [6.07, 6.45) is 0.847. The molecule has 0 fully saturated rings. The van der Waals surface area contributed by atoms with E-state index in [4.69, 9.17) is 14.1 Å². The molecule has 0 amide bonds. The summed E-state index contributed by atoms with van der Waals surface area (Å²) in [5.74, 6) is 0.611. The van der Waals surface area contributed by atoms with Crippen LogP contribution in [0, 0.1) is 0 Å². The highest BCUT2D eigenvalue weighted by Gasteiger charge is 2.13. The molecule has 1 aromatic heterocycles. The van der Waals surface area contributed by atoms with E-state index in [1.165, 1.54) is 7.11 Å². The van der Waals surface area contributed by atoms with Crippen LogP contribution in [0.3, 0.4) is 0 Å². The number of carbonyl (C=O) groups is 1. The zero-order valence-electron chi connectivity index (χ0n) is 16.8. The van der Waals surface area contributed by atoms with Gasteiger partial charge in [0.25, 0.3) is 5.89 Å². The minimum Gasteiger partial charge on any atom is -0.484 e. The van der Waals surface area contributed by atoms with Crippen LogP contribution < -0.4 is 10.2 Å². The van der Waals surface area contributed by atoms with Crippen molar-refractivity contribution in [3.8, 4) is 5.75 Å². The highest BCUT2D eigenvalue weighted by Crippen LogP contribution is 2.18. The van der Waals surface area contributed by atoms with Crippen LogP contribution in [0.15, 0.2) is 70.4 Å². The Morgan fingerprint density at radius 1 is 1.10 bits per heavy atom. The number of carboxylic acids is 1. The van der Waals surface area contributed by atoms with Crippen molar-refractivity contribution in [2.75, 3.05) is 7.11 Å². The Morgan fingerprint density at radius 2 is 1.83 bits per heavy atom. The number of allylic oxidation sites excluding steroid dienone is 1. The van der Waals surface area contributed by atoms with Crippen molar-refractivity contribution in [3.63, 3.8) is 0 Å². The van der Waals surface area contributed by atoms with Gasteiger partial charge in [-0.25, -0.2) is 4.79 Å². The van der Waals surface area contributed by atoms with Gasteiger partial charge >= 0.3 is 5.97 Å². The molecule has 2 aromatic carbocycles. The molecule has 3 aromatic rings. The van der Waals surface area contributed by atoms with Gasteiger partial charge in [-0.3, -0.25) is 10.3 Å². The monoisotopic (exact) mass is 409 g/mol. The third-order valence-corrected chi connectivity index (χ3v) is 4.35. The molecule has 8 heteroatoms. The molecule has 156 valence electrons. The molecule has 0 aliphatic rings. The van der Waals surface area contributed by atoms with Crippen molar-refractivity contribution >= 4 is 5.97 Å². The van der Waals surface area contributed by atoms with Crippen LogP contribution in [0.25, 0.3) is 0 Å². The molecule has 0 atom stereocenters. The average molecular weight is 409 g/mol. The maximum atomic E-state index is 11.5. The van der Waals surface area contributed by atoms with E-state index >= 15 is 0 Å². The second-order valence-corrected chi connectivity index (χ2v) is 6.59. The van der Waals surface area contributed by atoms with E-state index in [1.807, 2.05) is 42.5 Å². The fraction of sp³-hybridized carbons (Fsp3) is 0.227. The number of benzene rings is 2. The Morgan fingerprint density at radius 3 is 2.50 bits per heavy atom. The van der Waals surface area contributed by atoms with Crippen LogP contribution in [0.4, 0.5) is 0 Å². The van der Waals surface area contributed by atoms with Crippen molar-refractivity contribution in [2.45, 2.75) is 26.4 Å². The molecule has 0 radical (unpaired) electrons. The van der Waals surface area contributed by atoms with Crippen molar-refractivity contribution < 1.29 is 24.0 Å². The maximum Gasteiger partial charge on any atom is 0.333 e. The summed E-state index contributed by atoms with van der Waals surface area (Å²) in [5.41, 5.74) is 5.18. The van der Waals surface area contributed by atoms with E-state index in [0.29, 0.717) is 29.6 Å². The van der Waals surface area contributed by atoms with Gasteiger partial charge in [-0.2, -0.15) is 4.98 Å². The van der Waals surface area contributed by atoms with Gasteiger partial charge in [0.2, 0.25) is 0 Å². The van der Waals surface area contributed by atoms with Crippen LogP contribution in [0.2, 0.25) is 0 Å². The highest BCUT2D eigenvalue weighted by atomic mass is 16.6. The van der Waals surface area contributed by atoms with Gasteiger partial charge in [0.1, 0.15) is 5.75 Å². The Kier molecular flexibility index (Phi) is 7.18. The first-order chi connectivity index (χ1) is 14.5. The van der Waals surface area contributed by atoms with Gasteiger partial charge < -0.3 is 14.4 Å². The number of aromatic nitrogens is 2. The SMILES string of the molecule is CONC(C)=C(Cc1ccc(OCc2nc(Cc3ccccc3)no2)cc1)C(=O)O. The lowest BCUT2D eigenvalue weighted by Gasteiger charge is -2.10. The lowest BCUT2D eigenvalue weighted by Crippen LogP contribution is -2.16. The number of rotatable bonds is 10. The van der Waals surface area contributed by atoms with E-state index < -0.39 is 5.97 Å². The van der Waals surface area contributed by atoms with Crippen LogP contribution in [-0.4, -0.2) is 28.3 Å². The third kappa shape index (κ3) is 5.92. The highest BCUT2D eigenvalue weighted by molar-refractivity contribution is 5.87. The molecule has 3 rings (SSSR count). The molecular formula is C22H23N3O5. The largest absolute Gasteiger partial charge is 0.484 e. The average Bonchev–Trinajstić information content (AvgIpc) is 3.19. The zero-order chi connectivity index (χ0) is 21.3. The van der Waals surface area contributed by atoms with E-state index in [0.717, 1.165) is 11.1 Å². The Labute approximate surface area is 174 Å². The zero-order valence-corrected chi connectivity index (χ0v) is 16.8.